The molecule has 1 heterocycles. The van der Waals surface area contributed by atoms with E-state index in [9.17, 15) is 9.59 Å². The third kappa shape index (κ3) is 3.51. The van der Waals surface area contributed by atoms with Gasteiger partial charge in [-0.05, 0) is 55.0 Å². The molecule has 0 radical (unpaired) electrons. The van der Waals surface area contributed by atoms with Crippen LogP contribution in [0.25, 0.3) is 10.8 Å². The maximum atomic E-state index is 13.5. The number of rotatable bonds is 4. The number of fused-ring (bicyclic) bond motifs is 2. The molecule has 2 aliphatic rings. The van der Waals surface area contributed by atoms with Crippen LogP contribution in [-0.2, 0) is 4.79 Å². The zero-order valence-electron chi connectivity index (χ0n) is 16.4. The molecular formula is C23H29N3O2. The number of nitrogens with two attached hydrogens (primary N) is 1. The Hall–Kier alpha value is -2.40. The lowest BCUT2D eigenvalue weighted by atomic mass is 9.84. The molecule has 3 N–H and O–H groups in total. The van der Waals surface area contributed by atoms with Crippen molar-refractivity contribution in [3.63, 3.8) is 0 Å². The first-order valence-corrected chi connectivity index (χ1v) is 10.4. The molecule has 148 valence electrons. The van der Waals surface area contributed by atoms with Gasteiger partial charge in [0.25, 0.3) is 5.91 Å². The Bertz CT molecular complexity index is 881. The minimum absolute atomic E-state index is 0.0271. The highest BCUT2D eigenvalue weighted by Crippen LogP contribution is 2.40. The molecule has 5 nitrogen and oxygen atoms in total. The standard InChI is InChI=1S/C23H29N3O2/c1-15(14-24)25-22(27)21-13-18-8-4-5-9-20(18)26(21)23(28)19-11-10-16-6-2-3-7-17(16)12-19/h2-3,6-7,10-12,15,18,20-21H,4-5,8-9,13-14,24H2,1H3,(H,25,27)/t15-,18?,20?,21?/m0/s1. The summed E-state index contributed by atoms with van der Waals surface area (Å²) in [6.45, 7) is 2.29. The molecule has 0 bridgehead atoms. The van der Waals surface area contributed by atoms with Crippen molar-refractivity contribution >= 4 is 22.6 Å². The van der Waals surface area contributed by atoms with Crippen LogP contribution in [0.3, 0.4) is 0 Å². The Morgan fingerprint density at radius 2 is 1.89 bits per heavy atom. The van der Waals surface area contributed by atoms with Gasteiger partial charge < -0.3 is 16.0 Å². The highest BCUT2D eigenvalue weighted by Gasteiger charge is 2.47. The molecule has 2 amide bonds. The van der Waals surface area contributed by atoms with Crippen LogP contribution in [0.5, 0.6) is 0 Å². The first-order chi connectivity index (χ1) is 13.6. The monoisotopic (exact) mass is 379 g/mol. The van der Waals surface area contributed by atoms with Crippen molar-refractivity contribution in [1.82, 2.24) is 10.2 Å². The third-order valence-electron chi connectivity index (χ3n) is 6.36. The van der Waals surface area contributed by atoms with Crippen LogP contribution >= 0.6 is 0 Å². The van der Waals surface area contributed by atoms with Gasteiger partial charge in [-0.2, -0.15) is 0 Å². The van der Waals surface area contributed by atoms with Gasteiger partial charge in [-0.25, -0.2) is 0 Å². The van der Waals surface area contributed by atoms with E-state index in [-0.39, 0.29) is 23.9 Å². The van der Waals surface area contributed by atoms with Crippen molar-refractivity contribution in [1.29, 1.82) is 0 Å². The molecule has 5 heteroatoms. The normalized spacial score (nSPS) is 25.4. The Balaban J connectivity index is 1.65. The summed E-state index contributed by atoms with van der Waals surface area (Å²) in [5.74, 6) is 0.323. The summed E-state index contributed by atoms with van der Waals surface area (Å²) in [5.41, 5.74) is 6.34. The first kappa shape index (κ1) is 18.9. The molecule has 4 atom stereocenters. The van der Waals surface area contributed by atoms with Crippen molar-refractivity contribution in [2.24, 2.45) is 11.7 Å². The molecule has 4 rings (SSSR count). The van der Waals surface area contributed by atoms with E-state index in [0.717, 1.165) is 36.5 Å². The van der Waals surface area contributed by atoms with Crippen LogP contribution in [0.1, 0.15) is 49.4 Å². The fourth-order valence-electron chi connectivity index (χ4n) is 4.86. The van der Waals surface area contributed by atoms with Gasteiger partial charge >= 0.3 is 0 Å². The fourth-order valence-corrected chi connectivity index (χ4v) is 4.86. The molecule has 1 aliphatic carbocycles. The average molecular weight is 380 g/mol. The summed E-state index contributed by atoms with van der Waals surface area (Å²) in [6.07, 6.45) is 5.15. The lowest BCUT2D eigenvalue weighted by Gasteiger charge is -2.34. The second kappa shape index (κ2) is 7.92. The first-order valence-electron chi connectivity index (χ1n) is 10.4. The Morgan fingerprint density at radius 1 is 1.14 bits per heavy atom. The topological polar surface area (TPSA) is 75.4 Å². The van der Waals surface area contributed by atoms with Gasteiger partial charge in [-0.15, -0.1) is 0 Å². The molecule has 2 aromatic rings. The van der Waals surface area contributed by atoms with Crippen molar-refractivity contribution in [3.8, 4) is 0 Å². The van der Waals surface area contributed by atoms with Gasteiger partial charge in [0, 0.05) is 24.2 Å². The molecule has 1 aliphatic heterocycles. The number of nitrogens with zero attached hydrogens (tertiary/aromatic N) is 1. The van der Waals surface area contributed by atoms with Crippen molar-refractivity contribution < 1.29 is 9.59 Å². The molecule has 0 aromatic heterocycles. The number of likely N-dealkylation sites (tertiary alicyclic amines) is 1. The van der Waals surface area contributed by atoms with Crippen molar-refractivity contribution in [3.05, 3.63) is 48.0 Å². The van der Waals surface area contributed by atoms with E-state index in [2.05, 4.69) is 5.32 Å². The predicted octanol–water partition coefficient (Wildman–Crippen LogP) is 3.08. The van der Waals surface area contributed by atoms with Gasteiger partial charge in [0.15, 0.2) is 0 Å². The van der Waals surface area contributed by atoms with E-state index in [1.165, 1.54) is 6.42 Å². The van der Waals surface area contributed by atoms with Crippen LogP contribution in [0, 0.1) is 5.92 Å². The van der Waals surface area contributed by atoms with E-state index in [4.69, 9.17) is 5.73 Å². The van der Waals surface area contributed by atoms with Crippen LogP contribution in [-0.4, -0.2) is 41.4 Å². The summed E-state index contributed by atoms with van der Waals surface area (Å²) < 4.78 is 0. The summed E-state index contributed by atoms with van der Waals surface area (Å²) in [6, 6.07) is 13.5. The van der Waals surface area contributed by atoms with Gasteiger partial charge in [0.1, 0.15) is 6.04 Å². The third-order valence-corrected chi connectivity index (χ3v) is 6.36. The molecule has 2 aromatic carbocycles. The Kier molecular flexibility index (Phi) is 5.36. The van der Waals surface area contributed by atoms with E-state index < -0.39 is 6.04 Å². The maximum Gasteiger partial charge on any atom is 0.254 e. The zero-order valence-corrected chi connectivity index (χ0v) is 16.4. The number of nitrogens with one attached hydrogen (secondary N) is 1. The second-order valence-electron chi connectivity index (χ2n) is 8.28. The highest BCUT2D eigenvalue weighted by molar-refractivity contribution is 6.01. The largest absolute Gasteiger partial charge is 0.351 e. The second-order valence-corrected chi connectivity index (χ2v) is 8.28. The smallest absolute Gasteiger partial charge is 0.254 e. The minimum Gasteiger partial charge on any atom is -0.351 e. The summed E-state index contributed by atoms with van der Waals surface area (Å²) in [7, 11) is 0. The van der Waals surface area contributed by atoms with Crippen LogP contribution in [0.15, 0.2) is 42.5 Å². The van der Waals surface area contributed by atoms with Crippen LogP contribution in [0.4, 0.5) is 0 Å². The molecule has 2 fully saturated rings. The van der Waals surface area contributed by atoms with Crippen LogP contribution in [0.2, 0.25) is 0 Å². The number of amides is 2. The molecule has 0 spiro atoms. The highest BCUT2D eigenvalue weighted by atomic mass is 16.2. The maximum absolute atomic E-state index is 13.5. The number of carbonyl (C=O) groups excluding carboxylic acids is 2. The molecule has 3 unspecified atom stereocenters. The quantitative estimate of drug-likeness (QED) is 0.857. The van der Waals surface area contributed by atoms with Crippen LogP contribution < -0.4 is 11.1 Å². The molecule has 1 saturated heterocycles. The lowest BCUT2D eigenvalue weighted by molar-refractivity contribution is -0.125. The van der Waals surface area contributed by atoms with Crippen molar-refractivity contribution in [2.45, 2.75) is 57.2 Å². The summed E-state index contributed by atoms with van der Waals surface area (Å²) in [5, 5.41) is 5.15. The Morgan fingerprint density at radius 3 is 2.68 bits per heavy atom. The predicted molar refractivity (Wildman–Crippen MR) is 111 cm³/mol. The molecule has 28 heavy (non-hydrogen) atoms. The van der Waals surface area contributed by atoms with Gasteiger partial charge in [-0.1, -0.05) is 43.2 Å². The number of hydrogen-bond donors (Lipinski definition) is 2. The number of benzene rings is 2. The van der Waals surface area contributed by atoms with E-state index in [1.807, 2.05) is 54.3 Å². The SMILES string of the molecule is C[C@@H](CN)NC(=O)C1CC2CCCCC2N1C(=O)c1ccc2ccccc2c1. The molecular weight excluding hydrogens is 350 g/mol. The van der Waals surface area contributed by atoms with E-state index in [0.29, 0.717) is 18.0 Å². The summed E-state index contributed by atoms with van der Waals surface area (Å²) in [4.78, 5) is 28.4. The van der Waals surface area contributed by atoms with Crippen molar-refractivity contribution in [2.75, 3.05) is 6.54 Å². The fraction of sp³-hybridized carbons (Fsp3) is 0.478. The average Bonchev–Trinajstić information content (AvgIpc) is 3.12. The number of carbonyl (C=O) groups is 2. The van der Waals surface area contributed by atoms with Gasteiger partial charge in [0.05, 0.1) is 0 Å². The lowest BCUT2D eigenvalue weighted by Crippen LogP contribution is -2.52. The Labute approximate surface area is 166 Å². The molecule has 1 saturated carbocycles. The zero-order chi connectivity index (χ0) is 19.7. The minimum atomic E-state index is -0.402. The summed E-state index contributed by atoms with van der Waals surface area (Å²) >= 11 is 0. The van der Waals surface area contributed by atoms with E-state index in [1.54, 1.807) is 0 Å². The number of hydrogen-bond acceptors (Lipinski definition) is 3. The van der Waals surface area contributed by atoms with Gasteiger partial charge in [-0.3, -0.25) is 9.59 Å². The van der Waals surface area contributed by atoms with Gasteiger partial charge in [0.2, 0.25) is 5.91 Å². The van der Waals surface area contributed by atoms with E-state index >= 15 is 0 Å².